The summed E-state index contributed by atoms with van der Waals surface area (Å²) in [5.41, 5.74) is 0.668. The third kappa shape index (κ3) is 1.37. The summed E-state index contributed by atoms with van der Waals surface area (Å²) in [4.78, 5) is 0. The average molecular weight is 207 g/mol. The number of hydrogen-bond donors (Lipinski definition) is 0. The fourth-order valence-corrected chi connectivity index (χ4v) is 5.24. The first-order valence-electron chi connectivity index (χ1n) is 5.85. The summed E-state index contributed by atoms with van der Waals surface area (Å²) in [5, 5.41) is 10.1. The minimum Gasteiger partial charge on any atom is -0.197 e. The Morgan fingerprint density at radius 1 is 1.14 bits per heavy atom. The van der Waals surface area contributed by atoms with E-state index < -0.39 is 0 Å². The van der Waals surface area contributed by atoms with E-state index in [1.54, 1.807) is 0 Å². The molecule has 0 atom stereocenters. The first-order chi connectivity index (χ1) is 6.76. The van der Waals surface area contributed by atoms with Crippen molar-refractivity contribution in [1.29, 1.82) is 5.26 Å². The van der Waals surface area contributed by atoms with Crippen LogP contribution in [0.15, 0.2) is 0 Å². The van der Waals surface area contributed by atoms with Gasteiger partial charge in [0.2, 0.25) is 0 Å². The van der Waals surface area contributed by atoms with Gasteiger partial charge in [0.25, 0.3) is 0 Å². The molecule has 0 aliphatic heterocycles. The van der Waals surface area contributed by atoms with Gasteiger partial charge in [-0.25, -0.2) is 0 Å². The lowest BCUT2D eigenvalue weighted by Gasteiger charge is -2.44. The normalized spacial score (nSPS) is 32.5. The number of rotatable bonds is 2. The summed E-state index contributed by atoms with van der Waals surface area (Å²) in [6, 6.07) is 2.60. The van der Waals surface area contributed by atoms with E-state index in [1.165, 1.54) is 51.4 Å². The van der Waals surface area contributed by atoms with Gasteiger partial charge in [-0.15, -0.1) is 11.8 Å². The fraction of sp³-hybridized carbons (Fsp3) is 0.917. The van der Waals surface area contributed by atoms with Gasteiger partial charge in [-0.05, 0) is 43.9 Å². The molecule has 3 aliphatic rings. The largest absolute Gasteiger partial charge is 0.197 e. The molecular formula is C12H17NS. The lowest BCUT2D eigenvalue weighted by molar-refractivity contribution is 0.250. The molecule has 0 heterocycles. The van der Waals surface area contributed by atoms with Gasteiger partial charge >= 0.3 is 0 Å². The SMILES string of the molecule is N#CC1(SC2CCCC2)CC2(CC2)C1. The molecule has 0 radical (unpaired) electrons. The van der Waals surface area contributed by atoms with Crippen LogP contribution >= 0.6 is 11.8 Å². The molecule has 0 saturated heterocycles. The van der Waals surface area contributed by atoms with Gasteiger partial charge in [0.15, 0.2) is 0 Å². The molecule has 0 aromatic heterocycles. The fourth-order valence-electron chi connectivity index (χ4n) is 3.20. The second kappa shape index (κ2) is 2.92. The van der Waals surface area contributed by atoms with Crippen molar-refractivity contribution in [3.8, 4) is 6.07 Å². The van der Waals surface area contributed by atoms with E-state index >= 15 is 0 Å². The van der Waals surface area contributed by atoms with Gasteiger partial charge in [0.05, 0.1) is 6.07 Å². The minimum absolute atomic E-state index is 0.0471. The molecule has 2 heteroatoms. The molecular weight excluding hydrogens is 190 g/mol. The van der Waals surface area contributed by atoms with E-state index in [-0.39, 0.29) is 4.75 Å². The van der Waals surface area contributed by atoms with Crippen molar-refractivity contribution in [2.75, 3.05) is 0 Å². The van der Waals surface area contributed by atoms with Crippen LogP contribution in [0.25, 0.3) is 0 Å². The van der Waals surface area contributed by atoms with Gasteiger partial charge in [-0.3, -0.25) is 0 Å². The van der Waals surface area contributed by atoms with E-state index in [0.29, 0.717) is 5.41 Å². The number of nitrogens with zero attached hydrogens (tertiary/aromatic N) is 1. The molecule has 1 spiro atoms. The number of thioether (sulfide) groups is 1. The van der Waals surface area contributed by atoms with Crippen LogP contribution in [0.4, 0.5) is 0 Å². The van der Waals surface area contributed by atoms with E-state index in [2.05, 4.69) is 6.07 Å². The van der Waals surface area contributed by atoms with Crippen molar-refractivity contribution in [3.63, 3.8) is 0 Å². The second-order valence-corrected chi connectivity index (χ2v) is 7.17. The maximum Gasteiger partial charge on any atom is 0.104 e. The third-order valence-electron chi connectivity index (χ3n) is 4.18. The zero-order chi connectivity index (χ0) is 9.65. The van der Waals surface area contributed by atoms with E-state index in [9.17, 15) is 5.26 Å². The highest BCUT2D eigenvalue weighted by Crippen LogP contribution is 2.69. The molecule has 3 saturated carbocycles. The summed E-state index contributed by atoms with van der Waals surface area (Å²) < 4.78 is 0.0471. The van der Waals surface area contributed by atoms with Crippen molar-refractivity contribution in [1.82, 2.24) is 0 Å². The summed E-state index contributed by atoms with van der Waals surface area (Å²) >= 11 is 2.02. The van der Waals surface area contributed by atoms with Crippen molar-refractivity contribution in [2.45, 2.75) is 61.4 Å². The topological polar surface area (TPSA) is 23.8 Å². The van der Waals surface area contributed by atoms with Crippen LogP contribution < -0.4 is 0 Å². The molecule has 76 valence electrons. The Bertz CT molecular complexity index is 273. The van der Waals surface area contributed by atoms with Gasteiger partial charge in [-0.1, -0.05) is 12.8 Å². The predicted octanol–water partition coefficient (Wildman–Crippen LogP) is 3.50. The van der Waals surface area contributed by atoms with Gasteiger partial charge < -0.3 is 0 Å². The number of nitriles is 1. The molecule has 0 N–H and O–H groups in total. The smallest absolute Gasteiger partial charge is 0.104 e. The Kier molecular flexibility index (Phi) is 1.89. The van der Waals surface area contributed by atoms with Crippen LogP contribution in [0.3, 0.4) is 0 Å². The van der Waals surface area contributed by atoms with Crippen molar-refractivity contribution in [2.24, 2.45) is 5.41 Å². The van der Waals surface area contributed by atoms with E-state index in [0.717, 1.165) is 5.25 Å². The molecule has 0 amide bonds. The molecule has 1 nitrogen and oxygen atoms in total. The van der Waals surface area contributed by atoms with Gasteiger partial charge in [0.1, 0.15) is 4.75 Å². The van der Waals surface area contributed by atoms with Gasteiger partial charge in [-0.2, -0.15) is 5.26 Å². The first-order valence-corrected chi connectivity index (χ1v) is 6.73. The Balaban J connectivity index is 1.61. The molecule has 0 bridgehead atoms. The Morgan fingerprint density at radius 2 is 1.79 bits per heavy atom. The number of hydrogen-bond acceptors (Lipinski definition) is 2. The molecule has 0 aromatic rings. The maximum absolute atomic E-state index is 9.29. The standard InChI is InChI=1S/C12H17NS/c13-9-12(7-11(8-12)5-6-11)14-10-3-1-2-4-10/h10H,1-8H2. The zero-order valence-corrected chi connectivity index (χ0v) is 9.41. The van der Waals surface area contributed by atoms with Crippen LogP contribution in [0.2, 0.25) is 0 Å². The summed E-state index contributed by atoms with van der Waals surface area (Å²) in [5.74, 6) is 0. The summed E-state index contributed by atoms with van der Waals surface area (Å²) in [6.07, 6.45) is 10.7. The van der Waals surface area contributed by atoms with Crippen molar-refractivity contribution >= 4 is 11.8 Å². The molecule has 3 rings (SSSR count). The highest BCUT2D eigenvalue weighted by Gasteiger charge is 2.62. The van der Waals surface area contributed by atoms with Gasteiger partial charge in [0, 0.05) is 5.25 Å². The van der Waals surface area contributed by atoms with Crippen LogP contribution in [0, 0.1) is 16.7 Å². The molecule has 0 unspecified atom stereocenters. The Hall–Kier alpha value is -0.160. The quantitative estimate of drug-likeness (QED) is 0.692. The minimum atomic E-state index is 0.0471. The van der Waals surface area contributed by atoms with Crippen LogP contribution in [-0.2, 0) is 0 Å². The summed E-state index contributed by atoms with van der Waals surface area (Å²) in [7, 11) is 0. The Labute approximate surface area is 90.3 Å². The first kappa shape index (κ1) is 9.09. The maximum atomic E-state index is 9.29. The van der Waals surface area contributed by atoms with Crippen LogP contribution in [0.5, 0.6) is 0 Å². The van der Waals surface area contributed by atoms with Crippen LogP contribution in [0.1, 0.15) is 51.4 Å². The van der Waals surface area contributed by atoms with Crippen molar-refractivity contribution < 1.29 is 0 Å². The zero-order valence-electron chi connectivity index (χ0n) is 8.59. The predicted molar refractivity (Wildman–Crippen MR) is 59.1 cm³/mol. The second-order valence-electron chi connectivity index (χ2n) is 5.48. The molecule has 3 aliphatic carbocycles. The lowest BCUT2D eigenvalue weighted by Crippen LogP contribution is -2.42. The molecule has 14 heavy (non-hydrogen) atoms. The van der Waals surface area contributed by atoms with E-state index in [1.807, 2.05) is 11.8 Å². The highest BCUT2D eigenvalue weighted by atomic mass is 32.2. The van der Waals surface area contributed by atoms with E-state index in [4.69, 9.17) is 0 Å². The highest BCUT2D eigenvalue weighted by molar-refractivity contribution is 8.01. The van der Waals surface area contributed by atoms with Crippen LogP contribution in [-0.4, -0.2) is 10.00 Å². The molecule has 0 aromatic carbocycles. The summed E-state index contributed by atoms with van der Waals surface area (Å²) in [6.45, 7) is 0. The monoisotopic (exact) mass is 207 g/mol. The lowest BCUT2D eigenvalue weighted by atomic mass is 9.72. The Morgan fingerprint density at radius 3 is 2.29 bits per heavy atom. The third-order valence-corrected chi connectivity index (χ3v) is 5.81. The van der Waals surface area contributed by atoms with Crippen molar-refractivity contribution in [3.05, 3.63) is 0 Å². The average Bonchev–Trinajstić information content (AvgIpc) is 2.73. The molecule has 3 fully saturated rings.